The highest BCUT2D eigenvalue weighted by Gasteiger charge is 2.23. The van der Waals surface area contributed by atoms with E-state index in [0.717, 1.165) is 18.0 Å². The van der Waals surface area contributed by atoms with Gasteiger partial charge >= 0.3 is 6.03 Å². The number of rotatable bonds is 4. The van der Waals surface area contributed by atoms with Crippen molar-refractivity contribution in [2.24, 2.45) is 0 Å². The molecule has 0 aliphatic heterocycles. The zero-order valence-corrected chi connectivity index (χ0v) is 12.3. The van der Waals surface area contributed by atoms with Crippen molar-refractivity contribution in [3.63, 3.8) is 0 Å². The van der Waals surface area contributed by atoms with E-state index in [9.17, 15) is 13.2 Å². The van der Waals surface area contributed by atoms with Gasteiger partial charge in [-0.2, -0.15) is 0 Å². The van der Waals surface area contributed by atoms with Gasteiger partial charge in [-0.05, 0) is 20.1 Å². The number of nitrogen functional groups attached to an aromatic ring is 1. The van der Waals surface area contributed by atoms with E-state index in [1.807, 2.05) is 4.72 Å². The minimum absolute atomic E-state index is 0.0325. The highest BCUT2D eigenvalue weighted by molar-refractivity contribution is 7.99. The van der Waals surface area contributed by atoms with E-state index in [1.165, 1.54) is 0 Å². The first-order valence-corrected chi connectivity index (χ1v) is 7.97. The number of aromatic nitrogens is 2. The Morgan fingerprint density at radius 3 is 2.63 bits per heavy atom. The molecule has 106 valence electrons. The second-order valence-corrected chi connectivity index (χ2v) is 6.28. The van der Waals surface area contributed by atoms with E-state index in [1.54, 1.807) is 20.1 Å². The Morgan fingerprint density at radius 2 is 2.11 bits per heavy atom. The van der Waals surface area contributed by atoms with Gasteiger partial charge in [0.15, 0.2) is 0 Å². The van der Waals surface area contributed by atoms with Crippen LogP contribution in [0.4, 0.5) is 10.7 Å². The van der Waals surface area contributed by atoms with Crippen LogP contribution in [-0.4, -0.2) is 36.7 Å². The summed E-state index contributed by atoms with van der Waals surface area (Å²) in [5, 5.41) is 2.59. The third-order valence-electron chi connectivity index (χ3n) is 1.87. The monoisotopic (exact) mass is 305 g/mol. The highest BCUT2D eigenvalue weighted by atomic mass is 32.2. The molecule has 1 aromatic rings. The number of carbonyl (C=O) groups is 1. The lowest BCUT2D eigenvalue weighted by Crippen LogP contribution is -2.42. The third kappa shape index (κ3) is 4.24. The molecule has 0 aromatic carbocycles. The highest BCUT2D eigenvalue weighted by Crippen LogP contribution is 2.21. The molecule has 0 aliphatic rings. The van der Waals surface area contributed by atoms with Gasteiger partial charge in [-0.1, -0.05) is 0 Å². The fourth-order valence-electron chi connectivity index (χ4n) is 1.17. The molecule has 0 fully saturated rings. The summed E-state index contributed by atoms with van der Waals surface area (Å²) in [6, 6.07) is -0.989. The summed E-state index contributed by atoms with van der Waals surface area (Å²) in [5.41, 5.74) is 5.38. The molecular formula is C9H15N5O3S2. The van der Waals surface area contributed by atoms with Crippen LogP contribution < -0.4 is 15.8 Å². The molecule has 4 N–H and O–H groups in total. The van der Waals surface area contributed by atoms with Crippen molar-refractivity contribution in [3.05, 3.63) is 6.20 Å². The van der Waals surface area contributed by atoms with Crippen LogP contribution in [0.3, 0.4) is 0 Å². The first-order valence-electron chi connectivity index (χ1n) is 5.26. The number of amides is 2. The molecule has 1 rings (SSSR count). The van der Waals surface area contributed by atoms with Crippen molar-refractivity contribution < 1.29 is 13.2 Å². The van der Waals surface area contributed by atoms with Crippen LogP contribution in [0.25, 0.3) is 0 Å². The number of nitrogens with two attached hydrogens (primary N) is 1. The van der Waals surface area contributed by atoms with Crippen LogP contribution in [0, 0.1) is 0 Å². The fraction of sp³-hybridized carbons (Fsp3) is 0.444. The third-order valence-corrected chi connectivity index (χ3v) is 4.03. The van der Waals surface area contributed by atoms with Gasteiger partial charge in [-0.25, -0.2) is 27.9 Å². The minimum Gasteiger partial charge on any atom is -0.368 e. The number of hydrogen-bond donors (Lipinski definition) is 3. The molecule has 0 saturated carbocycles. The van der Waals surface area contributed by atoms with Gasteiger partial charge in [-0.3, -0.25) is 0 Å². The Bertz CT molecular complexity index is 573. The molecule has 1 heterocycles. The topological polar surface area (TPSA) is 127 Å². The van der Waals surface area contributed by atoms with Crippen molar-refractivity contribution in [2.45, 2.75) is 29.8 Å². The second kappa shape index (κ2) is 6.06. The molecule has 0 atom stereocenters. The lowest BCUT2D eigenvalue weighted by atomic mass is 10.4. The number of sulfonamides is 1. The molecule has 0 aliphatic carbocycles. The maximum absolute atomic E-state index is 12.0. The molecule has 0 radical (unpaired) electrons. The van der Waals surface area contributed by atoms with Crippen LogP contribution >= 0.6 is 11.8 Å². The summed E-state index contributed by atoms with van der Waals surface area (Å²) in [5.74, 6) is -0.0325. The van der Waals surface area contributed by atoms with Gasteiger partial charge in [0.1, 0.15) is 9.92 Å². The Labute approximate surface area is 115 Å². The smallest absolute Gasteiger partial charge is 0.328 e. The van der Waals surface area contributed by atoms with Crippen LogP contribution in [0.15, 0.2) is 16.1 Å². The van der Waals surface area contributed by atoms with Gasteiger partial charge in [-0.15, -0.1) is 11.8 Å². The van der Waals surface area contributed by atoms with Gasteiger partial charge in [0.2, 0.25) is 5.95 Å². The standard InChI is InChI=1S/C9H15N5O3S2/c1-5(2)12-9(15)14-19(16,17)6-4-11-8(10)13-7(6)18-3/h4-5H,1-3H3,(H2,10,11,13)(H2,12,14,15). The molecular weight excluding hydrogens is 290 g/mol. The number of anilines is 1. The quantitative estimate of drug-likeness (QED) is 0.534. The largest absolute Gasteiger partial charge is 0.368 e. The van der Waals surface area contributed by atoms with Crippen molar-refractivity contribution in [3.8, 4) is 0 Å². The predicted octanol–water partition coefficient (Wildman–Crippen LogP) is 0.177. The van der Waals surface area contributed by atoms with Gasteiger partial charge in [0, 0.05) is 6.04 Å². The molecule has 19 heavy (non-hydrogen) atoms. The Hall–Kier alpha value is -1.55. The zero-order chi connectivity index (χ0) is 14.6. The molecule has 0 unspecified atom stereocenters. The first-order chi connectivity index (χ1) is 8.76. The maximum Gasteiger partial charge on any atom is 0.328 e. The molecule has 0 spiro atoms. The van der Waals surface area contributed by atoms with Crippen LogP contribution in [0.2, 0.25) is 0 Å². The summed E-state index contributed by atoms with van der Waals surface area (Å²) in [4.78, 5) is 18.7. The van der Waals surface area contributed by atoms with Gasteiger partial charge < -0.3 is 11.1 Å². The molecule has 1 aromatic heterocycles. The molecule has 2 amide bonds. The summed E-state index contributed by atoms with van der Waals surface area (Å²) in [7, 11) is -4.03. The lowest BCUT2D eigenvalue weighted by Gasteiger charge is -2.12. The maximum atomic E-state index is 12.0. The van der Waals surface area contributed by atoms with Gasteiger partial charge in [0.05, 0.1) is 6.20 Å². The summed E-state index contributed by atoms with van der Waals surface area (Å²) in [6.07, 6.45) is 2.72. The Kier molecular flexibility index (Phi) is 4.95. The Morgan fingerprint density at radius 1 is 1.47 bits per heavy atom. The van der Waals surface area contributed by atoms with Crippen LogP contribution in [0.5, 0.6) is 0 Å². The number of urea groups is 1. The minimum atomic E-state index is -4.03. The van der Waals surface area contributed by atoms with Crippen LogP contribution in [0.1, 0.15) is 13.8 Å². The number of nitrogens with one attached hydrogen (secondary N) is 2. The van der Waals surface area contributed by atoms with Gasteiger partial charge in [0.25, 0.3) is 10.0 Å². The van der Waals surface area contributed by atoms with E-state index in [4.69, 9.17) is 5.73 Å². The number of nitrogens with zero attached hydrogens (tertiary/aromatic N) is 2. The average Bonchev–Trinajstić information content (AvgIpc) is 2.26. The van der Waals surface area contributed by atoms with Crippen LogP contribution in [-0.2, 0) is 10.0 Å². The summed E-state index contributed by atoms with van der Waals surface area (Å²) in [6.45, 7) is 3.43. The number of carbonyl (C=O) groups excluding carboxylic acids is 1. The van der Waals surface area contributed by atoms with Crippen molar-refractivity contribution >= 4 is 33.8 Å². The fourth-order valence-corrected chi connectivity index (χ4v) is 3.07. The van der Waals surface area contributed by atoms with Crippen molar-refractivity contribution in [1.29, 1.82) is 0 Å². The molecule has 0 saturated heterocycles. The number of hydrogen-bond acceptors (Lipinski definition) is 7. The zero-order valence-electron chi connectivity index (χ0n) is 10.7. The summed E-state index contributed by atoms with van der Waals surface area (Å²) >= 11 is 1.10. The van der Waals surface area contributed by atoms with E-state index >= 15 is 0 Å². The first kappa shape index (κ1) is 15.5. The predicted molar refractivity (Wildman–Crippen MR) is 72.2 cm³/mol. The van der Waals surface area contributed by atoms with E-state index < -0.39 is 16.1 Å². The SMILES string of the molecule is CSc1nc(N)ncc1S(=O)(=O)NC(=O)NC(C)C. The number of thioether (sulfide) groups is 1. The van der Waals surface area contributed by atoms with E-state index in [0.29, 0.717) is 0 Å². The van der Waals surface area contributed by atoms with E-state index in [2.05, 4.69) is 15.3 Å². The van der Waals surface area contributed by atoms with E-state index in [-0.39, 0.29) is 21.9 Å². The van der Waals surface area contributed by atoms with Crippen molar-refractivity contribution in [1.82, 2.24) is 20.0 Å². The summed E-state index contributed by atoms with van der Waals surface area (Å²) < 4.78 is 25.9. The molecule has 10 heteroatoms. The molecule has 0 bridgehead atoms. The normalized spacial score (nSPS) is 11.4. The average molecular weight is 305 g/mol. The Balaban J connectivity index is 3.04. The molecule has 8 nitrogen and oxygen atoms in total. The second-order valence-electron chi connectivity index (χ2n) is 3.84. The lowest BCUT2D eigenvalue weighted by molar-refractivity contribution is 0.243. The van der Waals surface area contributed by atoms with Crippen molar-refractivity contribution in [2.75, 3.05) is 12.0 Å².